The van der Waals surface area contributed by atoms with Gasteiger partial charge < -0.3 is 10.1 Å². The van der Waals surface area contributed by atoms with Crippen LogP contribution in [-0.4, -0.2) is 31.3 Å². The molecule has 2 N–H and O–H groups in total. The van der Waals surface area contributed by atoms with E-state index in [1.165, 1.54) is 37.3 Å². The van der Waals surface area contributed by atoms with Gasteiger partial charge in [0.15, 0.2) is 5.65 Å². The van der Waals surface area contributed by atoms with Gasteiger partial charge in [0.2, 0.25) is 5.56 Å². The number of fused-ring (bicyclic) bond motifs is 1. The molecule has 1 aliphatic carbocycles. The first kappa shape index (κ1) is 17.8. The Morgan fingerprint density at radius 1 is 1.27 bits per heavy atom. The van der Waals surface area contributed by atoms with Gasteiger partial charge in [-0.05, 0) is 44.4 Å². The maximum Gasteiger partial charge on any atom is 0.290 e. The second kappa shape index (κ2) is 7.51. The van der Waals surface area contributed by atoms with E-state index in [-0.39, 0.29) is 12.0 Å². The van der Waals surface area contributed by atoms with E-state index in [1.54, 1.807) is 6.20 Å². The van der Waals surface area contributed by atoms with Crippen molar-refractivity contribution in [2.45, 2.75) is 45.6 Å². The van der Waals surface area contributed by atoms with Crippen molar-refractivity contribution < 1.29 is 9.90 Å². The maximum atomic E-state index is 11.3. The molecular formula is C19H22N4O3. The largest absolute Gasteiger partial charge is 0.483 e. The number of nitrogens with zero attached hydrogens (tertiary/aromatic N) is 3. The third-order valence-electron chi connectivity index (χ3n) is 4.78. The molecule has 1 fully saturated rings. The van der Waals surface area contributed by atoms with Crippen LogP contribution < -0.4 is 5.56 Å². The van der Waals surface area contributed by atoms with E-state index in [9.17, 15) is 4.79 Å². The van der Waals surface area contributed by atoms with Crippen molar-refractivity contribution in [2.75, 3.05) is 0 Å². The Morgan fingerprint density at radius 3 is 2.58 bits per heavy atom. The average Bonchev–Trinajstić information content (AvgIpc) is 3.24. The minimum absolute atomic E-state index is 0.0987. The van der Waals surface area contributed by atoms with Crippen LogP contribution >= 0.6 is 0 Å². The quantitative estimate of drug-likeness (QED) is 0.688. The number of H-pyrrole nitrogens is 1. The molecular weight excluding hydrogens is 332 g/mol. The smallest absolute Gasteiger partial charge is 0.290 e. The Labute approximate surface area is 150 Å². The third-order valence-corrected chi connectivity index (χ3v) is 4.78. The van der Waals surface area contributed by atoms with Crippen LogP contribution in [0.4, 0.5) is 0 Å². The predicted molar refractivity (Wildman–Crippen MR) is 99.3 cm³/mol. The molecule has 3 aromatic heterocycles. The highest BCUT2D eigenvalue weighted by atomic mass is 16.3. The zero-order chi connectivity index (χ0) is 18.7. The van der Waals surface area contributed by atoms with Gasteiger partial charge in [0.1, 0.15) is 0 Å². The number of aryl methyl sites for hydroxylation is 2. The fourth-order valence-electron chi connectivity index (χ4n) is 3.65. The highest BCUT2D eigenvalue weighted by molar-refractivity contribution is 5.84. The molecule has 4 rings (SSSR count). The molecule has 7 nitrogen and oxygen atoms in total. The number of nitrogens with one attached hydrogen (secondary N) is 1. The number of hydrogen-bond acceptors (Lipinski definition) is 4. The van der Waals surface area contributed by atoms with Gasteiger partial charge in [0.05, 0.1) is 17.4 Å². The Kier molecular flexibility index (Phi) is 5.16. The molecule has 0 atom stereocenters. The lowest BCUT2D eigenvalue weighted by atomic mass is 10.1. The Bertz CT molecular complexity index is 964. The zero-order valence-electron chi connectivity index (χ0n) is 14.9. The van der Waals surface area contributed by atoms with Crippen molar-refractivity contribution in [1.29, 1.82) is 0 Å². The number of aromatic nitrogens is 4. The monoisotopic (exact) mass is 354 g/mol. The van der Waals surface area contributed by atoms with E-state index in [1.807, 2.05) is 6.07 Å². The van der Waals surface area contributed by atoms with Gasteiger partial charge in [-0.3, -0.25) is 9.59 Å². The summed E-state index contributed by atoms with van der Waals surface area (Å²) in [6.07, 6.45) is 6.62. The number of rotatable bonds is 2. The Morgan fingerprint density at radius 2 is 1.96 bits per heavy atom. The topological polar surface area (TPSA) is 101 Å². The van der Waals surface area contributed by atoms with Crippen molar-refractivity contribution >= 4 is 17.5 Å². The first-order valence-electron chi connectivity index (χ1n) is 8.68. The van der Waals surface area contributed by atoms with Gasteiger partial charge in [-0.25, -0.2) is 9.67 Å². The van der Waals surface area contributed by atoms with Crippen molar-refractivity contribution in [3.8, 4) is 11.3 Å². The third kappa shape index (κ3) is 3.37. The molecule has 7 heteroatoms. The summed E-state index contributed by atoms with van der Waals surface area (Å²) in [5.41, 5.74) is 4.90. The van der Waals surface area contributed by atoms with Gasteiger partial charge >= 0.3 is 0 Å². The van der Waals surface area contributed by atoms with Crippen LogP contribution in [-0.2, 0) is 4.79 Å². The highest BCUT2D eigenvalue weighted by Crippen LogP contribution is 2.34. The molecule has 0 aliphatic heterocycles. The van der Waals surface area contributed by atoms with Gasteiger partial charge in [0.25, 0.3) is 6.47 Å². The molecule has 0 amide bonds. The summed E-state index contributed by atoms with van der Waals surface area (Å²) < 4.78 is 2.12. The van der Waals surface area contributed by atoms with E-state index in [2.05, 4.69) is 29.6 Å². The van der Waals surface area contributed by atoms with Crippen LogP contribution in [0.5, 0.6) is 0 Å². The van der Waals surface area contributed by atoms with E-state index >= 15 is 0 Å². The van der Waals surface area contributed by atoms with Crippen molar-refractivity contribution in [1.82, 2.24) is 19.7 Å². The molecule has 0 saturated heterocycles. The Balaban J connectivity index is 0.000000613. The summed E-state index contributed by atoms with van der Waals surface area (Å²) in [4.78, 5) is 27.2. The van der Waals surface area contributed by atoms with Gasteiger partial charge in [-0.2, -0.15) is 5.10 Å². The summed E-state index contributed by atoms with van der Waals surface area (Å²) in [6, 6.07) is 5.89. The molecule has 3 aromatic rings. The number of aromatic amines is 1. The summed E-state index contributed by atoms with van der Waals surface area (Å²) in [6.45, 7) is 3.91. The lowest BCUT2D eigenvalue weighted by molar-refractivity contribution is -0.122. The summed E-state index contributed by atoms with van der Waals surface area (Å²) in [5, 5.41) is 12.8. The van der Waals surface area contributed by atoms with E-state index in [0.29, 0.717) is 6.04 Å². The first-order valence-corrected chi connectivity index (χ1v) is 8.68. The van der Waals surface area contributed by atoms with Crippen LogP contribution in [0.25, 0.3) is 22.3 Å². The van der Waals surface area contributed by atoms with Gasteiger partial charge in [0, 0.05) is 23.2 Å². The SMILES string of the molecule is Cc1cc(-c2ccc(=O)[nH]c2)nc2c1c(C)nn2C1CCCC1.O=CO. The zero-order valence-corrected chi connectivity index (χ0v) is 14.9. The fourth-order valence-corrected chi connectivity index (χ4v) is 3.65. The minimum atomic E-state index is -0.250. The van der Waals surface area contributed by atoms with Crippen LogP contribution in [0.3, 0.4) is 0 Å². The van der Waals surface area contributed by atoms with Gasteiger partial charge in [-0.1, -0.05) is 12.8 Å². The van der Waals surface area contributed by atoms with E-state index in [0.717, 1.165) is 28.0 Å². The van der Waals surface area contributed by atoms with Crippen LogP contribution in [0.1, 0.15) is 43.0 Å². The molecule has 136 valence electrons. The maximum absolute atomic E-state index is 11.3. The van der Waals surface area contributed by atoms with Gasteiger partial charge in [-0.15, -0.1) is 0 Å². The van der Waals surface area contributed by atoms with E-state index in [4.69, 9.17) is 20.0 Å². The number of pyridine rings is 2. The number of carbonyl (C=O) groups is 1. The average molecular weight is 354 g/mol. The summed E-state index contributed by atoms with van der Waals surface area (Å²) in [7, 11) is 0. The molecule has 1 aliphatic rings. The Hall–Kier alpha value is -2.96. The molecule has 1 saturated carbocycles. The lowest BCUT2D eigenvalue weighted by Gasteiger charge is -2.11. The standard InChI is InChI=1S/C18H20N4O.CH2O2/c1-11-9-15(13-7-8-16(23)19-10-13)20-18-17(11)12(2)21-22(18)14-5-3-4-6-14;2-1-3/h7-10,14H,3-6H2,1-2H3,(H,19,23);1H,(H,2,3). The second-order valence-corrected chi connectivity index (χ2v) is 6.54. The predicted octanol–water partition coefficient (Wildman–Crippen LogP) is 3.22. The van der Waals surface area contributed by atoms with Crippen molar-refractivity contribution in [3.05, 3.63) is 46.0 Å². The number of hydrogen-bond donors (Lipinski definition) is 2. The summed E-state index contributed by atoms with van der Waals surface area (Å²) in [5.74, 6) is 0. The highest BCUT2D eigenvalue weighted by Gasteiger charge is 2.22. The lowest BCUT2D eigenvalue weighted by Crippen LogP contribution is -2.08. The second-order valence-electron chi connectivity index (χ2n) is 6.54. The molecule has 0 spiro atoms. The molecule has 0 radical (unpaired) electrons. The van der Waals surface area contributed by atoms with E-state index < -0.39 is 0 Å². The van der Waals surface area contributed by atoms with Crippen LogP contribution in [0, 0.1) is 13.8 Å². The molecule has 3 heterocycles. The molecule has 0 aromatic carbocycles. The summed E-state index contributed by atoms with van der Waals surface area (Å²) >= 11 is 0. The normalized spacial score (nSPS) is 14.2. The van der Waals surface area contributed by atoms with Crippen molar-refractivity contribution in [3.63, 3.8) is 0 Å². The molecule has 0 unspecified atom stereocenters. The number of carboxylic acid groups (broad SMARTS) is 1. The fraction of sp³-hybridized carbons (Fsp3) is 0.368. The van der Waals surface area contributed by atoms with Crippen molar-refractivity contribution in [2.24, 2.45) is 0 Å². The minimum Gasteiger partial charge on any atom is -0.483 e. The molecule has 0 bridgehead atoms. The first-order chi connectivity index (χ1) is 12.5. The van der Waals surface area contributed by atoms with Crippen LogP contribution in [0.2, 0.25) is 0 Å². The molecule has 26 heavy (non-hydrogen) atoms. The van der Waals surface area contributed by atoms with Crippen LogP contribution in [0.15, 0.2) is 29.2 Å².